The van der Waals surface area contributed by atoms with Gasteiger partial charge in [-0.05, 0) is 30.0 Å². The van der Waals surface area contributed by atoms with E-state index in [2.05, 4.69) is 26.8 Å². The summed E-state index contributed by atoms with van der Waals surface area (Å²) in [6.07, 6.45) is 0. The molecule has 0 saturated carbocycles. The van der Waals surface area contributed by atoms with Crippen molar-refractivity contribution in [1.29, 1.82) is 0 Å². The first-order chi connectivity index (χ1) is 5.13. The van der Waals surface area contributed by atoms with Gasteiger partial charge in [0.05, 0.1) is 0 Å². The van der Waals surface area contributed by atoms with Gasteiger partial charge in [-0.25, -0.2) is 0 Å². The summed E-state index contributed by atoms with van der Waals surface area (Å²) in [5.74, 6) is 0.524. The largest absolute Gasteiger partial charge is 0.398 e. The van der Waals surface area contributed by atoms with E-state index in [-0.39, 0.29) is 0 Å². The quantitative estimate of drug-likeness (QED) is 0.610. The van der Waals surface area contributed by atoms with Crippen molar-refractivity contribution >= 4 is 5.69 Å². The van der Waals surface area contributed by atoms with Crippen molar-refractivity contribution in [2.24, 2.45) is 0 Å². The van der Waals surface area contributed by atoms with Crippen molar-refractivity contribution < 1.29 is 0 Å². The molecule has 0 aliphatic carbocycles. The zero-order chi connectivity index (χ0) is 8.43. The summed E-state index contributed by atoms with van der Waals surface area (Å²) in [5, 5.41) is 0. The van der Waals surface area contributed by atoms with Gasteiger partial charge in [-0.3, -0.25) is 0 Å². The fourth-order valence-corrected chi connectivity index (χ4v) is 1.49. The summed E-state index contributed by atoms with van der Waals surface area (Å²) in [5.41, 5.74) is 9.32. The third kappa shape index (κ3) is 1.53. The SMILES string of the molecule is Cc1cccc(N)c1C(C)C. The fraction of sp³-hybridized carbons (Fsp3) is 0.400. The van der Waals surface area contributed by atoms with E-state index in [1.165, 1.54) is 11.1 Å². The van der Waals surface area contributed by atoms with Gasteiger partial charge >= 0.3 is 0 Å². The molecule has 2 N–H and O–H groups in total. The molecule has 0 heterocycles. The Labute approximate surface area is 68.2 Å². The van der Waals surface area contributed by atoms with Crippen molar-refractivity contribution in [2.75, 3.05) is 5.73 Å². The molecule has 1 heteroatoms. The first-order valence-corrected chi connectivity index (χ1v) is 3.98. The lowest BCUT2D eigenvalue weighted by Crippen LogP contribution is -1.98. The topological polar surface area (TPSA) is 26.0 Å². The first kappa shape index (κ1) is 8.12. The minimum absolute atomic E-state index is 0.524. The van der Waals surface area contributed by atoms with Crippen molar-refractivity contribution in [1.82, 2.24) is 0 Å². The Balaban J connectivity index is 3.21. The fourth-order valence-electron chi connectivity index (χ4n) is 1.49. The average Bonchev–Trinajstić information content (AvgIpc) is 1.85. The van der Waals surface area contributed by atoms with Crippen LogP contribution >= 0.6 is 0 Å². The number of hydrogen-bond donors (Lipinski definition) is 1. The second kappa shape index (κ2) is 2.95. The molecule has 0 saturated heterocycles. The molecule has 0 bridgehead atoms. The second-order valence-corrected chi connectivity index (χ2v) is 3.23. The maximum Gasteiger partial charge on any atom is 0.0351 e. The summed E-state index contributed by atoms with van der Waals surface area (Å²) in [6.45, 7) is 6.43. The van der Waals surface area contributed by atoms with Crippen molar-refractivity contribution in [2.45, 2.75) is 26.7 Å². The van der Waals surface area contributed by atoms with Gasteiger partial charge in [0, 0.05) is 5.69 Å². The van der Waals surface area contributed by atoms with Gasteiger partial charge in [-0.1, -0.05) is 26.0 Å². The van der Waals surface area contributed by atoms with Crippen LogP contribution in [0.4, 0.5) is 5.69 Å². The van der Waals surface area contributed by atoms with E-state index in [0.717, 1.165) is 5.69 Å². The predicted molar refractivity (Wildman–Crippen MR) is 49.7 cm³/mol. The Morgan fingerprint density at radius 3 is 2.27 bits per heavy atom. The van der Waals surface area contributed by atoms with Crippen LogP contribution in [0.3, 0.4) is 0 Å². The zero-order valence-electron chi connectivity index (χ0n) is 7.39. The minimum Gasteiger partial charge on any atom is -0.398 e. The van der Waals surface area contributed by atoms with Crippen LogP contribution in [-0.2, 0) is 0 Å². The Kier molecular flexibility index (Phi) is 2.18. The van der Waals surface area contributed by atoms with Crippen LogP contribution in [0.15, 0.2) is 18.2 Å². The molecule has 1 aromatic rings. The lowest BCUT2D eigenvalue weighted by Gasteiger charge is -2.11. The standard InChI is InChI=1S/C10H15N/c1-7(2)10-8(3)5-4-6-9(10)11/h4-7H,11H2,1-3H3. The summed E-state index contributed by atoms with van der Waals surface area (Å²) in [7, 11) is 0. The van der Waals surface area contributed by atoms with Crippen LogP contribution in [0.5, 0.6) is 0 Å². The van der Waals surface area contributed by atoms with E-state index < -0.39 is 0 Å². The molecule has 0 fully saturated rings. The zero-order valence-corrected chi connectivity index (χ0v) is 7.39. The highest BCUT2D eigenvalue weighted by Gasteiger charge is 2.05. The maximum atomic E-state index is 5.82. The van der Waals surface area contributed by atoms with Crippen molar-refractivity contribution in [3.05, 3.63) is 29.3 Å². The molecule has 0 radical (unpaired) electrons. The summed E-state index contributed by atoms with van der Waals surface area (Å²) < 4.78 is 0. The van der Waals surface area contributed by atoms with Crippen LogP contribution < -0.4 is 5.73 Å². The van der Waals surface area contributed by atoms with Crippen LogP contribution in [-0.4, -0.2) is 0 Å². The third-order valence-corrected chi connectivity index (χ3v) is 1.94. The molecule has 1 rings (SSSR count). The minimum atomic E-state index is 0.524. The highest BCUT2D eigenvalue weighted by atomic mass is 14.6. The van der Waals surface area contributed by atoms with Gasteiger partial charge in [0.1, 0.15) is 0 Å². The molecule has 0 spiro atoms. The van der Waals surface area contributed by atoms with Gasteiger partial charge in [-0.2, -0.15) is 0 Å². The Hall–Kier alpha value is -0.980. The maximum absolute atomic E-state index is 5.82. The highest BCUT2D eigenvalue weighted by molar-refractivity contribution is 5.52. The summed E-state index contributed by atoms with van der Waals surface area (Å²) in [4.78, 5) is 0. The number of rotatable bonds is 1. The molecule has 0 amide bonds. The number of anilines is 1. The molecule has 0 atom stereocenters. The number of benzene rings is 1. The van der Waals surface area contributed by atoms with E-state index in [1.807, 2.05) is 12.1 Å². The van der Waals surface area contributed by atoms with Gasteiger partial charge in [-0.15, -0.1) is 0 Å². The average molecular weight is 149 g/mol. The number of nitrogen functional groups attached to an aromatic ring is 1. The van der Waals surface area contributed by atoms with Gasteiger partial charge in [0.25, 0.3) is 0 Å². The lowest BCUT2D eigenvalue weighted by molar-refractivity contribution is 0.860. The number of aryl methyl sites for hydroxylation is 1. The smallest absolute Gasteiger partial charge is 0.0351 e. The van der Waals surface area contributed by atoms with Gasteiger partial charge in [0.2, 0.25) is 0 Å². The molecule has 11 heavy (non-hydrogen) atoms. The molecule has 0 unspecified atom stereocenters. The van der Waals surface area contributed by atoms with Gasteiger partial charge in [0.15, 0.2) is 0 Å². The molecule has 0 aliphatic heterocycles. The van der Waals surface area contributed by atoms with Crippen LogP contribution in [0, 0.1) is 6.92 Å². The molecular weight excluding hydrogens is 134 g/mol. The van der Waals surface area contributed by atoms with Crippen LogP contribution in [0.1, 0.15) is 30.9 Å². The van der Waals surface area contributed by atoms with Crippen molar-refractivity contribution in [3.8, 4) is 0 Å². The van der Waals surface area contributed by atoms with E-state index in [1.54, 1.807) is 0 Å². The first-order valence-electron chi connectivity index (χ1n) is 3.98. The lowest BCUT2D eigenvalue weighted by atomic mass is 9.96. The molecule has 1 aromatic carbocycles. The summed E-state index contributed by atoms with van der Waals surface area (Å²) in [6, 6.07) is 6.06. The van der Waals surface area contributed by atoms with E-state index in [4.69, 9.17) is 5.73 Å². The predicted octanol–water partition coefficient (Wildman–Crippen LogP) is 2.70. The normalized spacial score (nSPS) is 10.5. The van der Waals surface area contributed by atoms with Crippen molar-refractivity contribution in [3.63, 3.8) is 0 Å². The highest BCUT2D eigenvalue weighted by Crippen LogP contribution is 2.24. The monoisotopic (exact) mass is 149 g/mol. The summed E-state index contributed by atoms with van der Waals surface area (Å²) >= 11 is 0. The Morgan fingerprint density at radius 2 is 1.91 bits per heavy atom. The van der Waals surface area contributed by atoms with Crippen LogP contribution in [0.25, 0.3) is 0 Å². The second-order valence-electron chi connectivity index (χ2n) is 3.23. The molecule has 0 aromatic heterocycles. The van der Waals surface area contributed by atoms with Crippen LogP contribution in [0.2, 0.25) is 0 Å². The Bertz CT molecular complexity index is 231. The molecule has 1 nitrogen and oxygen atoms in total. The Morgan fingerprint density at radius 1 is 1.27 bits per heavy atom. The molecular formula is C10H15N. The van der Waals surface area contributed by atoms with E-state index >= 15 is 0 Å². The van der Waals surface area contributed by atoms with E-state index in [9.17, 15) is 0 Å². The number of nitrogens with two attached hydrogens (primary N) is 1. The molecule has 0 aliphatic rings. The number of hydrogen-bond acceptors (Lipinski definition) is 1. The van der Waals surface area contributed by atoms with E-state index in [0.29, 0.717) is 5.92 Å². The molecule has 60 valence electrons. The van der Waals surface area contributed by atoms with Gasteiger partial charge < -0.3 is 5.73 Å². The third-order valence-electron chi connectivity index (χ3n) is 1.94.